The van der Waals surface area contributed by atoms with Crippen molar-refractivity contribution < 1.29 is 0 Å². The molecule has 0 bridgehead atoms. The minimum absolute atomic E-state index is 0.624. The van der Waals surface area contributed by atoms with Gasteiger partial charge in [-0.1, -0.05) is 25.1 Å². The molecule has 2 rings (SSSR count). The molecule has 100 valence electrons. The molecule has 1 atom stereocenters. The number of hydrogen-bond acceptors (Lipinski definition) is 2. The molecule has 1 aromatic rings. The van der Waals surface area contributed by atoms with Gasteiger partial charge in [0.25, 0.3) is 0 Å². The second-order valence-corrected chi connectivity index (χ2v) is 5.36. The Morgan fingerprint density at radius 3 is 3.00 bits per heavy atom. The zero-order valence-corrected chi connectivity index (χ0v) is 11.8. The Bertz CT molecular complexity index is 362. The molecule has 0 saturated carbocycles. The van der Waals surface area contributed by atoms with E-state index in [1.807, 2.05) is 0 Å². The van der Waals surface area contributed by atoms with Crippen LogP contribution >= 0.6 is 0 Å². The lowest BCUT2D eigenvalue weighted by atomic mass is 10.0. The van der Waals surface area contributed by atoms with Gasteiger partial charge in [-0.3, -0.25) is 0 Å². The third-order valence-electron chi connectivity index (χ3n) is 3.78. The number of nitrogens with zero attached hydrogens (tertiary/aromatic N) is 1. The maximum atomic E-state index is 3.57. The molecule has 1 unspecified atom stereocenters. The summed E-state index contributed by atoms with van der Waals surface area (Å²) in [5.41, 5.74) is 2.99. The van der Waals surface area contributed by atoms with E-state index >= 15 is 0 Å². The van der Waals surface area contributed by atoms with E-state index < -0.39 is 0 Å². The van der Waals surface area contributed by atoms with E-state index in [1.165, 1.54) is 50.0 Å². The molecule has 2 nitrogen and oxygen atoms in total. The summed E-state index contributed by atoms with van der Waals surface area (Å²) in [4.78, 5) is 2.56. The van der Waals surface area contributed by atoms with Crippen LogP contribution in [0.5, 0.6) is 0 Å². The largest absolute Gasteiger partial charge is 0.371 e. The molecule has 18 heavy (non-hydrogen) atoms. The fraction of sp³-hybridized carbons (Fsp3) is 0.625. The standard InChI is InChI=1S/C16H26N2/c1-3-11-17-14(2)10-13-18-12-6-8-15-7-4-5-9-16(15)18/h4-5,7,9,14,17H,3,6,8,10-13H2,1-2H3. The molecule has 0 aromatic heterocycles. The van der Waals surface area contributed by atoms with Crippen LogP contribution in [-0.4, -0.2) is 25.7 Å². The van der Waals surface area contributed by atoms with Crippen molar-refractivity contribution in [3.63, 3.8) is 0 Å². The van der Waals surface area contributed by atoms with Gasteiger partial charge in [0.1, 0.15) is 0 Å². The maximum Gasteiger partial charge on any atom is 0.0398 e. The SMILES string of the molecule is CCCNC(C)CCN1CCCc2ccccc21. The molecule has 0 spiro atoms. The Morgan fingerprint density at radius 1 is 1.33 bits per heavy atom. The highest BCUT2D eigenvalue weighted by molar-refractivity contribution is 5.55. The van der Waals surface area contributed by atoms with Crippen molar-refractivity contribution in [2.75, 3.05) is 24.5 Å². The Morgan fingerprint density at radius 2 is 2.17 bits per heavy atom. The Labute approximate surface area is 111 Å². The van der Waals surface area contributed by atoms with E-state index in [0.29, 0.717) is 6.04 Å². The zero-order chi connectivity index (χ0) is 12.8. The predicted octanol–water partition coefficient (Wildman–Crippen LogP) is 3.22. The molecule has 0 radical (unpaired) electrons. The first kappa shape index (κ1) is 13.4. The van der Waals surface area contributed by atoms with Crippen molar-refractivity contribution in [2.45, 2.75) is 45.6 Å². The minimum atomic E-state index is 0.624. The highest BCUT2D eigenvalue weighted by Crippen LogP contribution is 2.26. The Hall–Kier alpha value is -1.02. The van der Waals surface area contributed by atoms with Crippen LogP contribution < -0.4 is 10.2 Å². The number of benzene rings is 1. The molecule has 0 amide bonds. The van der Waals surface area contributed by atoms with E-state index in [9.17, 15) is 0 Å². The number of fused-ring (bicyclic) bond motifs is 1. The zero-order valence-electron chi connectivity index (χ0n) is 11.8. The molecule has 0 fully saturated rings. The first-order valence-electron chi connectivity index (χ1n) is 7.37. The molecule has 0 aliphatic carbocycles. The summed E-state index contributed by atoms with van der Waals surface area (Å²) in [6, 6.07) is 9.50. The fourth-order valence-corrected chi connectivity index (χ4v) is 2.69. The van der Waals surface area contributed by atoms with Crippen molar-refractivity contribution >= 4 is 5.69 Å². The van der Waals surface area contributed by atoms with Gasteiger partial charge >= 0.3 is 0 Å². The molecule has 1 aromatic carbocycles. The summed E-state index contributed by atoms with van der Waals surface area (Å²) in [5, 5.41) is 3.57. The first-order valence-corrected chi connectivity index (χ1v) is 7.37. The monoisotopic (exact) mass is 246 g/mol. The summed E-state index contributed by atoms with van der Waals surface area (Å²) in [7, 11) is 0. The van der Waals surface area contributed by atoms with E-state index in [2.05, 4.69) is 48.3 Å². The smallest absolute Gasteiger partial charge is 0.0398 e. The van der Waals surface area contributed by atoms with Crippen LogP contribution in [0.25, 0.3) is 0 Å². The minimum Gasteiger partial charge on any atom is -0.371 e. The number of para-hydroxylation sites is 1. The van der Waals surface area contributed by atoms with Crippen LogP contribution in [0.1, 0.15) is 38.7 Å². The lowest BCUT2D eigenvalue weighted by Gasteiger charge is -2.32. The van der Waals surface area contributed by atoms with Gasteiger partial charge in [0.05, 0.1) is 0 Å². The predicted molar refractivity (Wildman–Crippen MR) is 79.3 cm³/mol. The average Bonchev–Trinajstić information content (AvgIpc) is 2.42. The van der Waals surface area contributed by atoms with E-state index in [-0.39, 0.29) is 0 Å². The van der Waals surface area contributed by atoms with E-state index in [1.54, 1.807) is 0 Å². The van der Waals surface area contributed by atoms with Gasteiger partial charge in [0, 0.05) is 24.8 Å². The van der Waals surface area contributed by atoms with Crippen LogP contribution in [-0.2, 0) is 6.42 Å². The van der Waals surface area contributed by atoms with Crippen molar-refractivity contribution in [2.24, 2.45) is 0 Å². The number of anilines is 1. The maximum absolute atomic E-state index is 3.57. The molecular weight excluding hydrogens is 220 g/mol. The van der Waals surface area contributed by atoms with Crippen molar-refractivity contribution in [1.82, 2.24) is 5.32 Å². The van der Waals surface area contributed by atoms with Crippen LogP contribution in [0, 0.1) is 0 Å². The van der Waals surface area contributed by atoms with E-state index in [4.69, 9.17) is 0 Å². The molecule has 1 aliphatic rings. The van der Waals surface area contributed by atoms with Crippen molar-refractivity contribution in [3.8, 4) is 0 Å². The number of aryl methyl sites for hydroxylation is 1. The molecule has 2 heteroatoms. The van der Waals surface area contributed by atoms with Crippen molar-refractivity contribution in [3.05, 3.63) is 29.8 Å². The van der Waals surface area contributed by atoms with Gasteiger partial charge in [0.2, 0.25) is 0 Å². The first-order chi connectivity index (χ1) is 8.81. The summed E-state index contributed by atoms with van der Waals surface area (Å²) in [5.74, 6) is 0. The van der Waals surface area contributed by atoms with Gasteiger partial charge in [0.15, 0.2) is 0 Å². The van der Waals surface area contributed by atoms with Crippen LogP contribution in [0.2, 0.25) is 0 Å². The van der Waals surface area contributed by atoms with Crippen LogP contribution in [0.4, 0.5) is 5.69 Å². The van der Waals surface area contributed by atoms with Gasteiger partial charge in [-0.05, 0) is 50.8 Å². The van der Waals surface area contributed by atoms with Crippen LogP contribution in [0.3, 0.4) is 0 Å². The van der Waals surface area contributed by atoms with Gasteiger partial charge in [-0.15, -0.1) is 0 Å². The van der Waals surface area contributed by atoms with Crippen LogP contribution in [0.15, 0.2) is 24.3 Å². The average molecular weight is 246 g/mol. The van der Waals surface area contributed by atoms with E-state index in [0.717, 1.165) is 6.54 Å². The summed E-state index contributed by atoms with van der Waals surface area (Å²) in [6.07, 6.45) is 5.00. The summed E-state index contributed by atoms with van der Waals surface area (Å²) in [6.45, 7) is 8.05. The molecular formula is C16H26N2. The normalized spacial score (nSPS) is 16.4. The van der Waals surface area contributed by atoms with Gasteiger partial charge in [-0.25, -0.2) is 0 Å². The lowest BCUT2D eigenvalue weighted by Crippen LogP contribution is -2.35. The second-order valence-electron chi connectivity index (χ2n) is 5.36. The molecule has 1 N–H and O–H groups in total. The highest BCUT2D eigenvalue weighted by atomic mass is 15.1. The summed E-state index contributed by atoms with van der Waals surface area (Å²) < 4.78 is 0. The molecule has 1 heterocycles. The highest BCUT2D eigenvalue weighted by Gasteiger charge is 2.16. The number of rotatable bonds is 6. The molecule has 0 saturated heterocycles. The number of nitrogens with one attached hydrogen (secondary N) is 1. The third-order valence-corrected chi connectivity index (χ3v) is 3.78. The fourth-order valence-electron chi connectivity index (χ4n) is 2.69. The Kier molecular flexibility index (Phi) is 5.06. The molecule has 1 aliphatic heterocycles. The Balaban J connectivity index is 1.87. The van der Waals surface area contributed by atoms with Gasteiger partial charge < -0.3 is 10.2 Å². The number of hydrogen-bond donors (Lipinski definition) is 1. The lowest BCUT2D eigenvalue weighted by molar-refractivity contribution is 0.505. The van der Waals surface area contributed by atoms with Crippen molar-refractivity contribution in [1.29, 1.82) is 0 Å². The quantitative estimate of drug-likeness (QED) is 0.829. The summed E-state index contributed by atoms with van der Waals surface area (Å²) >= 11 is 0. The topological polar surface area (TPSA) is 15.3 Å². The third kappa shape index (κ3) is 3.49. The van der Waals surface area contributed by atoms with Gasteiger partial charge in [-0.2, -0.15) is 0 Å². The second kappa shape index (κ2) is 6.79.